The topological polar surface area (TPSA) is 91.8 Å². The van der Waals surface area contributed by atoms with E-state index in [0.717, 1.165) is 24.8 Å². The first-order valence-corrected chi connectivity index (χ1v) is 11.0. The molecule has 3 N–H and O–H groups in total. The van der Waals surface area contributed by atoms with Crippen LogP contribution in [-0.4, -0.2) is 52.5 Å². The Bertz CT molecular complexity index is 713. The Hall–Kier alpha value is -0.980. The Balaban J connectivity index is 0.00000392. The lowest BCUT2D eigenvalue weighted by molar-refractivity contribution is 0.0200. The van der Waals surface area contributed by atoms with Gasteiger partial charge in [-0.15, -0.1) is 24.0 Å². The number of halogens is 2. The quantitative estimate of drug-likeness (QED) is 0.259. The molecule has 0 bridgehead atoms. The van der Waals surface area contributed by atoms with E-state index in [1.54, 1.807) is 12.1 Å². The van der Waals surface area contributed by atoms with Gasteiger partial charge in [0.1, 0.15) is 5.82 Å². The number of rotatable bonds is 9. The number of nitrogens with zero attached hydrogens (tertiary/aromatic N) is 1. The monoisotopic (exact) mass is 528 g/mol. The van der Waals surface area contributed by atoms with Crippen LogP contribution in [0.15, 0.2) is 29.3 Å². The molecule has 1 aromatic rings. The van der Waals surface area contributed by atoms with E-state index in [4.69, 9.17) is 4.74 Å². The molecular weight excluding hydrogens is 498 g/mol. The Labute approximate surface area is 184 Å². The smallest absolute Gasteiger partial charge is 0.213 e. The molecule has 160 valence electrons. The average Bonchev–Trinajstić information content (AvgIpc) is 2.65. The summed E-state index contributed by atoms with van der Waals surface area (Å²) >= 11 is 0. The van der Waals surface area contributed by atoms with E-state index in [9.17, 15) is 12.8 Å². The standard InChI is InChI=1S/C18H29FN4O3S.HI/c1-2-20-18(22-13-15-6-5-7-16(19)12-15)21-9-11-27(24,25)23-14-17-8-3-4-10-26-17;/h5-7,12,17,23H,2-4,8-11,13-14H2,1H3,(H2,20,21,22);1H. The molecule has 10 heteroatoms. The van der Waals surface area contributed by atoms with Gasteiger partial charge in [-0.1, -0.05) is 12.1 Å². The highest BCUT2D eigenvalue weighted by Crippen LogP contribution is 2.11. The summed E-state index contributed by atoms with van der Waals surface area (Å²) < 4.78 is 45.6. The Morgan fingerprint density at radius 2 is 2.14 bits per heavy atom. The summed E-state index contributed by atoms with van der Waals surface area (Å²) in [6.45, 7) is 4.09. The van der Waals surface area contributed by atoms with E-state index >= 15 is 0 Å². The minimum Gasteiger partial charge on any atom is -0.377 e. The van der Waals surface area contributed by atoms with E-state index in [1.807, 2.05) is 6.92 Å². The van der Waals surface area contributed by atoms with E-state index in [-0.39, 0.29) is 48.2 Å². The molecule has 1 aromatic carbocycles. The SMILES string of the molecule is CCNC(=NCc1cccc(F)c1)NCCS(=O)(=O)NCC1CCCCO1.I. The number of ether oxygens (including phenoxy) is 1. The molecule has 28 heavy (non-hydrogen) atoms. The van der Waals surface area contributed by atoms with Crippen molar-refractivity contribution in [1.82, 2.24) is 15.4 Å². The molecule has 1 unspecified atom stereocenters. The lowest BCUT2D eigenvalue weighted by atomic mass is 10.1. The third kappa shape index (κ3) is 9.99. The molecule has 0 aromatic heterocycles. The zero-order chi connectivity index (χ0) is 19.5. The molecular formula is C18H30FIN4O3S. The molecule has 1 saturated heterocycles. The van der Waals surface area contributed by atoms with Crippen LogP contribution in [0, 0.1) is 5.82 Å². The summed E-state index contributed by atoms with van der Waals surface area (Å²) in [6, 6.07) is 6.23. The Morgan fingerprint density at radius 3 is 2.82 bits per heavy atom. The van der Waals surface area contributed by atoms with Gasteiger partial charge in [0.25, 0.3) is 0 Å². The molecule has 1 aliphatic heterocycles. The van der Waals surface area contributed by atoms with Crippen molar-refractivity contribution in [2.24, 2.45) is 4.99 Å². The van der Waals surface area contributed by atoms with Gasteiger partial charge in [0.15, 0.2) is 5.96 Å². The van der Waals surface area contributed by atoms with E-state index in [1.165, 1.54) is 12.1 Å². The van der Waals surface area contributed by atoms with E-state index < -0.39 is 10.0 Å². The zero-order valence-corrected chi connectivity index (χ0v) is 19.3. The van der Waals surface area contributed by atoms with E-state index in [2.05, 4.69) is 20.3 Å². The maximum absolute atomic E-state index is 13.2. The highest BCUT2D eigenvalue weighted by molar-refractivity contribution is 14.0. The fraction of sp³-hybridized carbons (Fsp3) is 0.611. The van der Waals surface area contributed by atoms with Crippen molar-refractivity contribution in [3.8, 4) is 0 Å². The normalized spacial score (nSPS) is 17.6. The number of hydrogen-bond acceptors (Lipinski definition) is 4. The second-order valence-electron chi connectivity index (χ2n) is 6.41. The van der Waals surface area contributed by atoms with Gasteiger partial charge in [0, 0.05) is 26.2 Å². The van der Waals surface area contributed by atoms with Crippen LogP contribution in [0.4, 0.5) is 4.39 Å². The van der Waals surface area contributed by atoms with Crippen molar-refractivity contribution >= 4 is 40.0 Å². The number of nitrogens with one attached hydrogen (secondary N) is 3. The molecule has 2 rings (SSSR count). The molecule has 7 nitrogen and oxygen atoms in total. The highest BCUT2D eigenvalue weighted by atomic mass is 127. The molecule has 0 radical (unpaired) electrons. The summed E-state index contributed by atoms with van der Waals surface area (Å²) in [5.41, 5.74) is 0.744. The summed E-state index contributed by atoms with van der Waals surface area (Å²) in [4.78, 5) is 4.36. The Morgan fingerprint density at radius 1 is 1.32 bits per heavy atom. The van der Waals surface area contributed by atoms with Crippen LogP contribution in [0.1, 0.15) is 31.7 Å². The molecule has 1 fully saturated rings. The highest BCUT2D eigenvalue weighted by Gasteiger charge is 2.17. The van der Waals surface area contributed by atoms with Gasteiger partial charge in [-0.05, 0) is 43.9 Å². The largest absolute Gasteiger partial charge is 0.377 e. The predicted octanol–water partition coefficient (Wildman–Crippen LogP) is 1.99. The van der Waals surface area contributed by atoms with Gasteiger partial charge in [-0.2, -0.15) is 0 Å². The third-order valence-corrected chi connectivity index (χ3v) is 5.47. The predicted molar refractivity (Wildman–Crippen MR) is 120 cm³/mol. The first-order chi connectivity index (χ1) is 13.0. The lowest BCUT2D eigenvalue weighted by Gasteiger charge is -2.22. The van der Waals surface area contributed by atoms with Crippen molar-refractivity contribution in [2.75, 3.05) is 32.0 Å². The number of sulfonamides is 1. The fourth-order valence-corrected chi connectivity index (χ4v) is 3.67. The van der Waals surface area contributed by atoms with Crippen molar-refractivity contribution in [3.63, 3.8) is 0 Å². The Kier molecular flexibility index (Phi) is 11.9. The van der Waals surface area contributed by atoms with Gasteiger partial charge in [0.2, 0.25) is 10.0 Å². The van der Waals surface area contributed by atoms with Crippen LogP contribution in [0.5, 0.6) is 0 Å². The number of aliphatic imine (C=N–C) groups is 1. The second kappa shape index (κ2) is 13.3. The first kappa shape index (κ1) is 25.1. The van der Waals surface area contributed by atoms with Crippen molar-refractivity contribution in [3.05, 3.63) is 35.6 Å². The van der Waals surface area contributed by atoms with Crippen LogP contribution in [0.2, 0.25) is 0 Å². The number of hydrogen-bond donors (Lipinski definition) is 3. The summed E-state index contributed by atoms with van der Waals surface area (Å²) in [5.74, 6) is 0.122. The third-order valence-electron chi connectivity index (χ3n) is 4.12. The van der Waals surface area contributed by atoms with Crippen molar-refractivity contribution in [1.29, 1.82) is 0 Å². The molecule has 0 saturated carbocycles. The van der Waals surface area contributed by atoms with Gasteiger partial charge in [-0.3, -0.25) is 0 Å². The van der Waals surface area contributed by atoms with Gasteiger partial charge in [-0.25, -0.2) is 22.5 Å². The lowest BCUT2D eigenvalue weighted by Crippen LogP contribution is -2.42. The van der Waals surface area contributed by atoms with Crippen molar-refractivity contribution < 1.29 is 17.5 Å². The second-order valence-corrected chi connectivity index (χ2v) is 8.33. The number of guanidine groups is 1. The summed E-state index contributed by atoms with van der Waals surface area (Å²) in [7, 11) is -3.39. The first-order valence-electron chi connectivity index (χ1n) is 9.34. The van der Waals surface area contributed by atoms with Crippen LogP contribution in [-0.2, 0) is 21.3 Å². The average molecular weight is 528 g/mol. The van der Waals surface area contributed by atoms with Crippen LogP contribution in [0.3, 0.4) is 0 Å². The van der Waals surface area contributed by atoms with Crippen LogP contribution < -0.4 is 15.4 Å². The molecule has 1 aliphatic rings. The molecule has 1 heterocycles. The van der Waals surface area contributed by atoms with E-state index in [0.29, 0.717) is 32.2 Å². The maximum atomic E-state index is 13.2. The summed E-state index contributed by atoms with van der Waals surface area (Å²) in [5, 5.41) is 6.04. The van der Waals surface area contributed by atoms with Gasteiger partial charge in [0.05, 0.1) is 18.4 Å². The zero-order valence-electron chi connectivity index (χ0n) is 16.1. The molecule has 1 atom stereocenters. The molecule has 0 aliphatic carbocycles. The van der Waals surface area contributed by atoms with Crippen LogP contribution >= 0.6 is 24.0 Å². The van der Waals surface area contributed by atoms with Crippen LogP contribution in [0.25, 0.3) is 0 Å². The van der Waals surface area contributed by atoms with Gasteiger partial charge < -0.3 is 15.4 Å². The summed E-state index contributed by atoms with van der Waals surface area (Å²) in [6.07, 6.45) is 2.96. The molecule has 0 spiro atoms. The van der Waals surface area contributed by atoms with Gasteiger partial charge >= 0.3 is 0 Å². The fourth-order valence-electron chi connectivity index (χ4n) is 2.71. The van der Waals surface area contributed by atoms with Crippen molar-refractivity contribution in [2.45, 2.75) is 38.8 Å². The molecule has 0 amide bonds. The maximum Gasteiger partial charge on any atom is 0.213 e. The minimum absolute atomic E-state index is 0. The number of benzene rings is 1. The minimum atomic E-state index is -3.39.